The molecule has 6 heteroatoms. The number of nitrogen functional groups attached to an aromatic ring is 1. The van der Waals surface area contributed by atoms with Crippen molar-refractivity contribution in [2.24, 2.45) is 0 Å². The highest BCUT2D eigenvalue weighted by atomic mass is 16.2. The maximum atomic E-state index is 11.8. The minimum Gasteiger partial charge on any atom is -0.397 e. The number of nitrogens with one attached hydrogen (secondary N) is 2. The molecule has 1 aromatic carbocycles. The monoisotopic (exact) mass is 244 g/mol. The second-order valence-electron chi connectivity index (χ2n) is 3.84. The van der Waals surface area contributed by atoms with Gasteiger partial charge in [-0.3, -0.25) is 9.59 Å². The summed E-state index contributed by atoms with van der Waals surface area (Å²) >= 11 is 0. The molecule has 2 rings (SSSR count). The van der Waals surface area contributed by atoms with E-state index in [1.54, 1.807) is 12.1 Å². The summed E-state index contributed by atoms with van der Waals surface area (Å²) in [6.45, 7) is 1.90. The van der Waals surface area contributed by atoms with Crippen LogP contribution in [0.2, 0.25) is 0 Å². The third-order valence-electron chi connectivity index (χ3n) is 2.36. The van der Waals surface area contributed by atoms with E-state index in [0.29, 0.717) is 11.4 Å². The Kier molecular flexibility index (Phi) is 3.09. The fourth-order valence-corrected chi connectivity index (χ4v) is 1.43. The zero-order valence-corrected chi connectivity index (χ0v) is 9.73. The summed E-state index contributed by atoms with van der Waals surface area (Å²) in [5, 5.41) is 2.64. The Bertz CT molecular complexity index is 628. The van der Waals surface area contributed by atoms with Crippen LogP contribution in [0, 0.1) is 6.92 Å². The zero-order valence-electron chi connectivity index (χ0n) is 9.73. The first kappa shape index (κ1) is 11.8. The fourth-order valence-electron chi connectivity index (χ4n) is 1.43. The number of aryl methyl sites for hydroxylation is 1. The molecule has 0 radical (unpaired) electrons. The quantitative estimate of drug-likeness (QED) is 0.683. The number of H-pyrrole nitrogens is 1. The van der Waals surface area contributed by atoms with Gasteiger partial charge in [0.1, 0.15) is 5.69 Å². The average molecular weight is 244 g/mol. The van der Waals surface area contributed by atoms with Crippen LogP contribution in [0.3, 0.4) is 0 Å². The molecule has 4 N–H and O–H groups in total. The van der Waals surface area contributed by atoms with Gasteiger partial charge in [0.25, 0.3) is 11.5 Å². The van der Waals surface area contributed by atoms with Gasteiger partial charge >= 0.3 is 0 Å². The predicted molar refractivity (Wildman–Crippen MR) is 68.4 cm³/mol. The summed E-state index contributed by atoms with van der Waals surface area (Å²) in [6, 6.07) is 5.33. The Balaban J connectivity index is 2.23. The van der Waals surface area contributed by atoms with Gasteiger partial charge in [-0.25, -0.2) is 4.98 Å². The van der Waals surface area contributed by atoms with Crippen molar-refractivity contribution in [3.8, 4) is 0 Å². The number of rotatable bonds is 2. The van der Waals surface area contributed by atoms with E-state index in [9.17, 15) is 9.59 Å². The largest absolute Gasteiger partial charge is 0.397 e. The summed E-state index contributed by atoms with van der Waals surface area (Å²) in [5.74, 6) is -0.427. The van der Waals surface area contributed by atoms with E-state index in [-0.39, 0.29) is 11.3 Å². The molecule has 18 heavy (non-hydrogen) atoms. The minimum absolute atomic E-state index is 0.121. The van der Waals surface area contributed by atoms with Crippen molar-refractivity contribution < 1.29 is 4.79 Å². The molecule has 0 bridgehead atoms. The van der Waals surface area contributed by atoms with Crippen molar-refractivity contribution in [3.63, 3.8) is 0 Å². The van der Waals surface area contributed by atoms with Crippen molar-refractivity contribution >= 4 is 17.3 Å². The number of hydrogen-bond donors (Lipinski definition) is 3. The molecular weight excluding hydrogens is 232 g/mol. The molecule has 0 unspecified atom stereocenters. The highest BCUT2D eigenvalue weighted by molar-refractivity contribution is 6.04. The lowest BCUT2D eigenvalue weighted by molar-refractivity contribution is 0.102. The summed E-state index contributed by atoms with van der Waals surface area (Å²) in [4.78, 5) is 28.8. The number of carbonyl (C=O) groups excluding carboxylic acids is 1. The van der Waals surface area contributed by atoms with E-state index in [2.05, 4.69) is 15.3 Å². The van der Waals surface area contributed by atoms with Crippen molar-refractivity contribution in [2.45, 2.75) is 6.92 Å². The maximum Gasteiger partial charge on any atom is 0.275 e. The van der Waals surface area contributed by atoms with Gasteiger partial charge in [-0.15, -0.1) is 0 Å². The molecule has 0 spiro atoms. The molecule has 0 atom stereocenters. The van der Waals surface area contributed by atoms with Crippen molar-refractivity contribution in [1.82, 2.24) is 9.97 Å². The molecule has 0 saturated heterocycles. The number of aromatic amines is 1. The van der Waals surface area contributed by atoms with Crippen LogP contribution < -0.4 is 16.6 Å². The number of carbonyl (C=O) groups is 1. The van der Waals surface area contributed by atoms with Crippen molar-refractivity contribution in [3.05, 3.63) is 52.2 Å². The fraction of sp³-hybridized carbons (Fsp3) is 0.0833. The number of amides is 1. The molecular formula is C12H12N4O2. The number of hydrogen-bond acceptors (Lipinski definition) is 4. The molecule has 6 nitrogen and oxygen atoms in total. The van der Waals surface area contributed by atoms with E-state index in [1.165, 1.54) is 6.20 Å². The molecule has 0 aliphatic carbocycles. The van der Waals surface area contributed by atoms with Gasteiger partial charge in [-0.05, 0) is 24.6 Å². The van der Waals surface area contributed by atoms with Gasteiger partial charge in [0, 0.05) is 6.20 Å². The van der Waals surface area contributed by atoms with Gasteiger partial charge in [-0.1, -0.05) is 6.07 Å². The number of aromatic nitrogens is 2. The highest BCUT2D eigenvalue weighted by Gasteiger charge is 2.09. The van der Waals surface area contributed by atoms with Crippen molar-refractivity contribution in [1.29, 1.82) is 0 Å². The van der Waals surface area contributed by atoms with E-state index in [4.69, 9.17) is 5.73 Å². The molecule has 1 heterocycles. The van der Waals surface area contributed by atoms with Gasteiger partial charge < -0.3 is 16.0 Å². The average Bonchev–Trinajstić information content (AvgIpc) is 2.34. The summed E-state index contributed by atoms with van der Waals surface area (Å²) < 4.78 is 0. The standard InChI is InChI=1S/C12H12N4O2/c1-7-2-3-8(13)9(4-7)16-12(18)10-5-15-11(17)6-14-10/h2-6H,13H2,1H3,(H,15,17)(H,16,18). The lowest BCUT2D eigenvalue weighted by atomic mass is 10.2. The van der Waals surface area contributed by atoms with Crippen LogP contribution in [0.1, 0.15) is 16.1 Å². The second-order valence-corrected chi connectivity index (χ2v) is 3.84. The first-order chi connectivity index (χ1) is 8.56. The highest BCUT2D eigenvalue weighted by Crippen LogP contribution is 2.19. The Morgan fingerprint density at radius 2 is 2.22 bits per heavy atom. The van der Waals surface area contributed by atoms with E-state index >= 15 is 0 Å². The zero-order chi connectivity index (χ0) is 13.1. The molecule has 0 fully saturated rings. The molecule has 0 aliphatic heterocycles. The first-order valence-electron chi connectivity index (χ1n) is 5.28. The molecule has 92 valence electrons. The Labute approximate surface area is 103 Å². The number of nitrogens with zero attached hydrogens (tertiary/aromatic N) is 1. The normalized spacial score (nSPS) is 10.1. The van der Waals surface area contributed by atoms with Gasteiger partial charge in [0.2, 0.25) is 0 Å². The summed E-state index contributed by atoms with van der Waals surface area (Å²) in [6.07, 6.45) is 2.30. The van der Waals surface area contributed by atoms with E-state index in [1.807, 2.05) is 13.0 Å². The Hall–Kier alpha value is -2.63. The van der Waals surface area contributed by atoms with E-state index < -0.39 is 5.91 Å². The molecule has 1 amide bonds. The SMILES string of the molecule is Cc1ccc(N)c(NC(=O)c2c[nH]c(=O)cn2)c1. The maximum absolute atomic E-state index is 11.8. The lowest BCUT2D eigenvalue weighted by Crippen LogP contribution is -2.17. The Morgan fingerprint density at radius 3 is 2.89 bits per heavy atom. The van der Waals surface area contributed by atoms with Crippen LogP contribution in [-0.2, 0) is 0 Å². The third-order valence-corrected chi connectivity index (χ3v) is 2.36. The van der Waals surface area contributed by atoms with Crippen LogP contribution >= 0.6 is 0 Å². The molecule has 1 aromatic heterocycles. The van der Waals surface area contributed by atoms with Gasteiger partial charge in [0.15, 0.2) is 0 Å². The first-order valence-corrected chi connectivity index (χ1v) is 5.28. The topological polar surface area (TPSA) is 101 Å². The molecule has 2 aromatic rings. The smallest absolute Gasteiger partial charge is 0.275 e. The molecule has 0 aliphatic rings. The van der Waals surface area contributed by atoms with Crippen molar-refractivity contribution in [2.75, 3.05) is 11.1 Å². The number of nitrogens with two attached hydrogens (primary N) is 1. The van der Waals surface area contributed by atoms with Crippen LogP contribution in [0.25, 0.3) is 0 Å². The third kappa shape index (κ3) is 2.54. The number of anilines is 2. The van der Waals surface area contributed by atoms with Crippen LogP contribution in [0.5, 0.6) is 0 Å². The summed E-state index contributed by atoms with van der Waals surface area (Å²) in [5.41, 5.74) is 7.48. The predicted octanol–water partition coefficient (Wildman–Crippen LogP) is 0.913. The van der Waals surface area contributed by atoms with Crippen LogP contribution in [0.15, 0.2) is 35.4 Å². The van der Waals surface area contributed by atoms with E-state index in [0.717, 1.165) is 11.8 Å². The summed E-state index contributed by atoms with van der Waals surface area (Å²) in [7, 11) is 0. The van der Waals surface area contributed by atoms with Crippen LogP contribution in [-0.4, -0.2) is 15.9 Å². The second kappa shape index (κ2) is 4.70. The Morgan fingerprint density at radius 1 is 1.44 bits per heavy atom. The van der Waals surface area contributed by atoms with Gasteiger partial charge in [0.05, 0.1) is 17.6 Å². The lowest BCUT2D eigenvalue weighted by Gasteiger charge is -2.08. The van der Waals surface area contributed by atoms with Gasteiger partial charge in [-0.2, -0.15) is 0 Å². The molecule has 0 saturated carbocycles. The van der Waals surface area contributed by atoms with Crippen LogP contribution in [0.4, 0.5) is 11.4 Å². The number of benzene rings is 1. The minimum atomic E-state index is -0.427.